The maximum Gasteiger partial charge on any atom is 0.271 e. The first-order chi connectivity index (χ1) is 9.08. The number of nitro benzene ring substituents is 1. The summed E-state index contributed by atoms with van der Waals surface area (Å²) < 4.78 is 0. The van der Waals surface area contributed by atoms with E-state index in [1.54, 1.807) is 6.07 Å². The molecule has 0 spiro atoms. The zero-order valence-electron chi connectivity index (χ0n) is 10.9. The summed E-state index contributed by atoms with van der Waals surface area (Å²) in [7, 11) is 0. The van der Waals surface area contributed by atoms with E-state index in [9.17, 15) is 14.9 Å². The molecule has 1 amide bonds. The highest BCUT2D eigenvalue weighted by Gasteiger charge is 2.18. The largest absolute Gasteiger partial charge is 0.370 e. The number of amides is 1. The number of piperidine rings is 1. The summed E-state index contributed by atoms with van der Waals surface area (Å²) in [6, 6.07) is 4.62. The van der Waals surface area contributed by atoms with Gasteiger partial charge in [0.15, 0.2) is 0 Å². The summed E-state index contributed by atoms with van der Waals surface area (Å²) in [4.78, 5) is 23.7. The van der Waals surface area contributed by atoms with Gasteiger partial charge in [0.1, 0.15) is 0 Å². The second-order valence-corrected chi connectivity index (χ2v) is 4.69. The third kappa shape index (κ3) is 3.21. The normalized spacial score (nSPS) is 15.1. The van der Waals surface area contributed by atoms with Gasteiger partial charge in [-0.2, -0.15) is 0 Å². The van der Waals surface area contributed by atoms with Crippen LogP contribution in [0, 0.1) is 10.1 Å². The van der Waals surface area contributed by atoms with Gasteiger partial charge in [-0.05, 0) is 25.3 Å². The van der Waals surface area contributed by atoms with E-state index in [1.807, 2.05) is 0 Å². The van der Waals surface area contributed by atoms with Crippen molar-refractivity contribution in [2.24, 2.45) is 0 Å². The van der Waals surface area contributed by atoms with Crippen molar-refractivity contribution in [3.05, 3.63) is 28.3 Å². The molecule has 0 aromatic heterocycles. The maximum atomic E-state index is 11.2. The molecular weight excluding hydrogens is 246 g/mol. The van der Waals surface area contributed by atoms with Crippen LogP contribution < -0.4 is 10.2 Å². The summed E-state index contributed by atoms with van der Waals surface area (Å²) in [6.45, 7) is 3.24. The Morgan fingerprint density at radius 3 is 2.58 bits per heavy atom. The fourth-order valence-corrected chi connectivity index (χ4v) is 2.34. The lowest BCUT2D eigenvalue weighted by Crippen LogP contribution is -2.30. The number of carbonyl (C=O) groups excluding carboxylic acids is 1. The van der Waals surface area contributed by atoms with Gasteiger partial charge in [0.25, 0.3) is 5.69 Å². The predicted molar refractivity (Wildman–Crippen MR) is 73.5 cm³/mol. The Balaban J connectivity index is 2.34. The molecular formula is C13H17N3O3. The number of nitro groups is 1. The van der Waals surface area contributed by atoms with E-state index in [0.29, 0.717) is 5.69 Å². The van der Waals surface area contributed by atoms with E-state index in [4.69, 9.17) is 0 Å². The maximum absolute atomic E-state index is 11.2. The number of nitrogens with one attached hydrogen (secondary N) is 1. The molecule has 1 aliphatic rings. The van der Waals surface area contributed by atoms with E-state index in [-0.39, 0.29) is 11.6 Å². The fourth-order valence-electron chi connectivity index (χ4n) is 2.34. The second kappa shape index (κ2) is 5.69. The SMILES string of the molecule is CC(=O)Nc1cc([N+](=O)[O-])ccc1N1CCCCC1. The summed E-state index contributed by atoms with van der Waals surface area (Å²) >= 11 is 0. The van der Waals surface area contributed by atoms with Crippen molar-refractivity contribution >= 4 is 23.0 Å². The molecule has 6 heteroatoms. The van der Waals surface area contributed by atoms with Crippen LogP contribution in [0.3, 0.4) is 0 Å². The van der Waals surface area contributed by atoms with Crippen LogP contribution in [-0.4, -0.2) is 23.9 Å². The summed E-state index contributed by atoms with van der Waals surface area (Å²) in [5.41, 5.74) is 1.37. The van der Waals surface area contributed by atoms with Crippen molar-refractivity contribution in [3.63, 3.8) is 0 Å². The van der Waals surface area contributed by atoms with Crippen LogP contribution in [-0.2, 0) is 4.79 Å². The van der Waals surface area contributed by atoms with Gasteiger partial charge in [-0.1, -0.05) is 0 Å². The minimum absolute atomic E-state index is 0.00971. The first-order valence-electron chi connectivity index (χ1n) is 6.39. The lowest BCUT2D eigenvalue weighted by Gasteiger charge is -2.30. The number of hydrogen-bond acceptors (Lipinski definition) is 4. The van der Waals surface area contributed by atoms with Crippen molar-refractivity contribution in [1.82, 2.24) is 0 Å². The number of hydrogen-bond donors (Lipinski definition) is 1. The lowest BCUT2D eigenvalue weighted by atomic mass is 10.1. The Kier molecular flexibility index (Phi) is 3.99. The highest BCUT2D eigenvalue weighted by molar-refractivity contribution is 5.93. The molecule has 2 rings (SSSR count). The van der Waals surface area contributed by atoms with Gasteiger partial charge in [0, 0.05) is 32.1 Å². The van der Waals surface area contributed by atoms with Crippen LogP contribution in [0.15, 0.2) is 18.2 Å². The van der Waals surface area contributed by atoms with E-state index in [1.165, 1.54) is 25.5 Å². The van der Waals surface area contributed by atoms with Gasteiger partial charge in [-0.15, -0.1) is 0 Å². The van der Waals surface area contributed by atoms with Crippen molar-refractivity contribution in [3.8, 4) is 0 Å². The van der Waals surface area contributed by atoms with E-state index in [2.05, 4.69) is 10.2 Å². The van der Waals surface area contributed by atoms with Gasteiger partial charge >= 0.3 is 0 Å². The third-order valence-electron chi connectivity index (χ3n) is 3.20. The fraction of sp³-hybridized carbons (Fsp3) is 0.462. The molecule has 0 aliphatic carbocycles. The smallest absolute Gasteiger partial charge is 0.271 e. The lowest BCUT2D eigenvalue weighted by molar-refractivity contribution is -0.384. The quantitative estimate of drug-likeness (QED) is 0.671. The number of carbonyl (C=O) groups is 1. The van der Waals surface area contributed by atoms with Crippen molar-refractivity contribution in [2.75, 3.05) is 23.3 Å². The average Bonchev–Trinajstić information content (AvgIpc) is 2.39. The number of anilines is 2. The molecule has 102 valence electrons. The Hall–Kier alpha value is -2.11. The topological polar surface area (TPSA) is 75.5 Å². The molecule has 0 atom stereocenters. The molecule has 0 unspecified atom stereocenters. The average molecular weight is 263 g/mol. The molecule has 1 aromatic carbocycles. The van der Waals surface area contributed by atoms with Crippen molar-refractivity contribution in [2.45, 2.75) is 26.2 Å². The van der Waals surface area contributed by atoms with Crippen molar-refractivity contribution < 1.29 is 9.72 Å². The third-order valence-corrected chi connectivity index (χ3v) is 3.20. The Bertz CT molecular complexity index is 496. The predicted octanol–water partition coefficient (Wildman–Crippen LogP) is 2.54. The molecule has 1 heterocycles. The highest BCUT2D eigenvalue weighted by Crippen LogP contribution is 2.31. The second-order valence-electron chi connectivity index (χ2n) is 4.69. The molecule has 1 fully saturated rings. The van der Waals surface area contributed by atoms with E-state index >= 15 is 0 Å². The monoisotopic (exact) mass is 263 g/mol. The standard InChI is InChI=1S/C13H17N3O3/c1-10(17)14-12-9-11(16(18)19)5-6-13(12)15-7-3-2-4-8-15/h5-6,9H,2-4,7-8H2,1H3,(H,14,17). The minimum atomic E-state index is -0.453. The Labute approximate surface area is 111 Å². The molecule has 1 N–H and O–H groups in total. The molecule has 1 aromatic rings. The van der Waals surface area contributed by atoms with Crippen LogP contribution in [0.5, 0.6) is 0 Å². The molecule has 0 radical (unpaired) electrons. The van der Waals surface area contributed by atoms with Gasteiger partial charge < -0.3 is 10.2 Å². The van der Waals surface area contributed by atoms with E-state index < -0.39 is 4.92 Å². The van der Waals surface area contributed by atoms with Crippen LogP contribution in [0.25, 0.3) is 0 Å². The van der Waals surface area contributed by atoms with Gasteiger partial charge in [-0.25, -0.2) is 0 Å². The van der Waals surface area contributed by atoms with Gasteiger partial charge in [0.2, 0.25) is 5.91 Å². The first-order valence-corrected chi connectivity index (χ1v) is 6.39. The zero-order chi connectivity index (χ0) is 13.8. The number of nitrogens with zero attached hydrogens (tertiary/aromatic N) is 2. The highest BCUT2D eigenvalue weighted by atomic mass is 16.6. The number of non-ortho nitro benzene ring substituents is 1. The number of rotatable bonds is 3. The molecule has 0 bridgehead atoms. The summed E-state index contributed by atoms with van der Waals surface area (Å²) in [5.74, 6) is -0.223. The van der Waals surface area contributed by atoms with Crippen molar-refractivity contribution in [1.29, 1.82) is 0 Å². The van der Waals surface area contributed by atoms with Gasteiger partial charge in [-0.3, -0.25) is 14.9 Å². The molecule has 1 saturated heterocycles. The summed E-state index contributed by atoms with van der Waals surface area (Å²) in [5, 5.41) is 13.5. The van der Waals surface area contributed by atoms with Crippen LogP contribution >= 0.6 is 0 Å². The Morgan fingerprint density at radius 1 is 1.32 bits per heavy atom. The minimum Gasteiger partial charge on any atom is -0.370 e. The van der Waals surface area contributed by atoms with Crippen LogP contribution in [0.2, 0.25) is 0 Å². The van der Waals surface area contributed by atoms with E-state index in [0.717, 1.165) is 31.6 Å². The number of benzene rings is 1. The van der Waals surface area contributed by atoms with Gasteiger partial charge in [0.05, 0.1) is 16.3 Å². The van der Waals surface area contributed by atoms with Crippen LogP contribution in [0.4, 0.5) is 17.1 Å². The Morgan fingerprint density at radius 2 is 2.00 bits per heavy atom. The summed E-state index contributed by atoms with van der Waals surface area (Å²) in [6.07, 6.45) is 3.42. The zero-order valence-corrected chi connectivity index (χ0v) is 10.9. The molecule has 1 aliphatic heterocycles. The molecule has 0 saturated carbocycles. The molecule has 19 heavy (non-hydrogen) atoms. The van der Waals surface area contributed by atoms with Crippen LogP contribution in [0.1, 0.15) is 26.2 Å². The first kappa shape index (κ1) is 13.3. The molecule has 6 nitrogen and oxygen atoms in total.